The maximum Gasteiger partial charge on any atom is 0.426 e. The number of aliphatic hydroxyl groups excluding tert-OH is 1. The highest BCUT2D eigenvalue weighted by Gasteiger charge is 2.36. The van der Waals surface area contributed by atoms with E-state index in [1.807, 2.05) is 0 Å². The quantitative estimate of drug-likeness (QED) is 0.445. The van der Waals surface area contributed by atoms with Crippen molar-refractivity contribution < 1.29 is 32.9 Å². The monoisotopic (exact) mass is 451 g/mol. The van der Waals surface area contributed by atoms with Crippen molar-refractivity contribution in [3.63, 3.8) is 0 Å². The van der Waals surface area contributed by atoms with Gasteiger partial charge in [-0.3, -0.25) is 10.1 Å². The van der Waals surface area contributed by atoms with Crippen molar-refractivity contribution >= 4 is 17.3 Å². The van der Waals surface area contributed by atoms with Gasteiger partial charge in [0.25, 0.3) is 0 Å². The third-order valence-electron chi connectivity index (χ3n) is 4.46. The SMILES string of the molecule is O=C(O)C(CO)NCc1ccc(OCc2cc(-c3ccccc3)c(C(F)(F)F)s2)cc1. The third kappa shape index (κ3) is 6.06. The predicted octanol–water partition coefficient (Wildman–Crippen LogP) is 4.55. The number of carbonyl (C=O) groups is 1. The molecule has 3 rings (SSSR count). The second-order valence-corrected chi connectivity index (χ2v) is 7.84. The molecule has 0 aliphatic heterocycles. The zero-order valence-electron chi connectivity index (χ0n) is 16.2. The van der Waals surface area contributed by atoms with Gasteiger partial charge in [0.05, 0.1) is 6.61 Å². The fraction of sp³-hybridized carbons (Fsp3) is 0.227. The molecular formula is C22H20F3NO4S. The fourth-order valence-corrected chi connectivity index (χ4v) is 3.84. The van der Waals surface area contributed by atoms with Crippen LogP contribution >= 0.6 is 11.3 Å². The number of hydrogen-bond donors (Lipinski definition) is 3. The number of hydrogen-bond acceptors (Lipinski definition) is 5. The molecule has 0 aliphatic rings. The number of aliphatic hydroxyl groups is 1. The van der Waals surface area contributed by atoms with Crippen LogP contribution < -0.4 is 10.1 Å². The summed E-state index contributed by atoms with van der Waals surface area (Å²) in [7, 11) is 0. The summed E-state index contributed by atoms with van der Waals surface area (Å²) in [6, 6.07) is 15.6. The number of benzene rings is 2. The van der Waals surface area contributed by atoms with E-state index in [1.165, 1.54) is 6.07 Å². The van der Waals surface area contributed by atoms with Crippen LogP contribution in [0.4, 0.5) is 13.2 Å². The van der Waals surface area contributed by atoms with Crippen molar-refractivity contribution in [3.05, 3.63) is 76.0 Å². The summed E-state index contributed by atoms with van der Waals surface area (Å²) in [4.78, 5) is 10.7. The first-order chi connectivity index (χ1) is 14.8. The minimum absolute atomic E-state index is 0.0101. The Kier molecular flexibility index (Phi) is 7.32. The second kappa shape index (κ2) is 9.95. The van der Waals surface area contributed by atoms with E-state index in [0.717, 1.165) is 5.56 Å². The van der Waals surface area contributed by atoms with E-state index in [2.05, 4.69) is 5.32 Å². The zero-order chi connectivity index (χ0) is 22.4. The Hall–Kier alpha value is -2.88. The fourth-order valence-electron chi connectivity index (χ4n) is 2.88. The lowest BCUT2D eigenvalue weighted by molar-refractivity contribution is -0.140. The van der Waals surface area contributed by atoms with Crippen molar-refractivity contribution in [1.82, 2.24) is 5.32 Å². The van der Waals surface area contributed by atoms with Gasteiger partial charge in [-0.15, -0.1) is 11.3 Å². The summed E-state index contributed by atoms with van der Waals surface area (Å²) >= 11 is 0.661. The number of alkyl halides is 3. The predicted molar refractivity (Wildman–Crippen MR) is 111 cm³/mol. The lowest BCUT2D eigenvalue weighted by atomic mass is 10.1. The molecular weight excluding hydrogens is 431 g/mol. The van der Waals surface area contributed by atoms with Crippen LogP contribution in [0.15, 0.2) is 60.7 Å². The van der Waals surface area contributed by atoms with Crippen LogP contribution in [0.2, 0.25) is 0 Å². The van der Waals surface area contributed by atoms with Crippen LogP contribution in [-0.4, -0.2) is 28.8 Å². The van der Waals surface area contributed by atoms with Crippen LogP contribution in [0.25, 0.3) is 11.1 Å². The Labute approximate surface area is 180 Å². The standard InChI is InChI=1S/C22H20F3NO4S/c23-22(24,25)20-18(15-4-2-1-3-5-15)10-17(31-20)13-30-16-8-6-14(7-9-16)11-26-19(12-27)21(28)29/h1-10,19,26-27H,11-13H2,(H,28,29). The molecule has 164 valence electrons. The highest BCUT2D eigenvalue weighted by molar-refractivity contribution is 7.12. The average Bonchev–Trinajstić information content (AvgIpc) is 3.19. The number of carboxylic acids is 1. The third-order valence-corrected chi connectivity index (χ3v) is 5.62. The average molecular weight is 451 g/mol. The van der Waals surface area contributed by atoms with Gasteiger partial charge in [-0.2, -0.15) is 13.2 Å². The highest BCUT2D eigenvalue weighted by atomic mass is 32.1. The smallest absolute Gasteiger partial charge is 0.426 e. The van der Waals surface area contributed by atoms with Gasteiger partial charge in [-0.05, 0) is 29.3 Å². The van der Waals surface area contributed by atoms with E-state index in [1.54, 1.807) is 54.6 Å². The minimum Gasteiger partial charge on any atom is -0.488 e. The van der Waals surface area contributed by atoms with Gasteiger partial charge < -0.3 is 14.9 Å². The Morgan fingerprint density at radius 2 is 1.77 bits per heavy atom. The molecule has 0 aliphatic carbocycles. The van der Waals surface area contributed by atoms with Crippen molar-refractivity contribution in [2.75, 3.05) is 6.61 Å². The molecule has 0 bridgehead atoms. The van der Waals surface area contributed by atoms with Gasteiger partial charge >= 0.3 is 12.1 Å². The summed E-state index contributed by atoms with van der Waals surface area (Å²) in [5.74, 6) is -0.671. The summed E-state index contributed by atoms with van der Waals surface area (Å²) in [5.41, 5.74) is 1.40. The Morgan fingerprint density at radius 3 is 2.35 bits per heavy atom. The number of thiophene rings is 1. The molecule has 0 saturated heterocycles. The van der Waals surface area contributed by atoms with Crippen LogP contribution in [0.1, 0.15) is 15.3 Å². The number of halogens is 3. The van der Waals surface area contributed by atoms with Crippen molar-refractivity contribution in [3.8, 4) is 16.9 Å². The van der Waals surface area contributed by atoms with E-state index in [4.69, 9.17) is 14.9 Å². The lowest BCUT2D eigenvalue weighted by Crippen LogP contribution is -2.39. The zero-order valence-corrected chi connectivity index (χ0v) is 17.0. The van der Waals surface area contributed by atoms with Gasteiger partial charge in [0, 0.05) is 17.0 Å². The number of rotatable bonds is 9. The number of aliphatic carboxylic acids is 1. The molecule has 2 aromatic carbocycles. The van der Waals surface area contributed by atoms with Crippen molar-refractivity contribution in [2.24, 2.45) is 0 Å². The first-order valence-electron chi connectivity index (χ1n) is 9.32. The summed E-state index contributed by atoms with van der Waals surface area (Å²) < 4.78 is 46.1. The normalized spacial score (nSPS) is 12.5. The Balaban J connectivity index is 1.66. The van der Waals surface area contributed by atoms with Gasteiger partial charge in [-0.25, -0.2) is 0 Å². The molecule has 3 aromatic rings. The summed E-state index contributed by atoms with van der Waals surface area (Å²) in [6.07, 6.45) is -4.45. The number of nitrogens with one attached hydrogen (secondary N) is 1. The van der Waals surface area contributed by atoms with Gasteiger partial charge in [0.2, 0.25) is 0 Å². The van der Waals surface area contributed by atoms with Crippen molar-refractivity contribution in [2.45, 2.75) is 25.4 Å². The topological polar surface area (TPSA) is 78.8 Å². The summed E-state index contributed by atoms with van der Waals surface area (Å²) in [5, 5.41) is 20.6. The maximum atomic E-state index is 13.5. The van der Waals surface area contributed by atoms with E-state index < -0.39 is 29.7 Å². The molecule has 1 unspecified atom stereocenters. The van der Waals surface area contributed by atoms with E-state index in [-0.39, 0.29) is 18.7 Å². The lowest BCUT2D eigenvalue weighted by Gasteiger charge is -2.12. The molecule has 5 nitrogen and oxygen atoms in total. The summed E-state index contributed by atoms with van der Waals surface area (Å²) in [6.45, 7) is -0.301. The highest BCUT2D eigenvalue weighted by Crippen LogP contribution is 2.43. The van der Waals surface area contributed by atoms with Crippen molar-refractivity contribution in [1.29, 1.82) is 0 Å². The second-order valence-electron chi connectivity index (χ2n) is 6.71. The molecule has 0 amide bonds. The Bertz CT molecular complexity index is 1000. The molecule has 0 radical (unpaired) electrons. The largest absolute Gasteiger partial charge is 0.488 e. The molecule has 1 aromatic heterocycles. The molecule has 0 spiro atoms. The van der Waals surface area contributed by atoms with E-state index >= 15 is 0 Å². The van der Waals surface area contributed by atoms with Crippen LogP contribution in [0.5, 0.6) is 5.75 Å². The van der Waals surface area contributed by atoms with E-state index in [0.29, 0.717) is 27.5 Å². The number of ether oxygens (including phenoxy) is 1. The molecule has 9 heteroatoms. The van der Waals surface area contributed by atoms with Gasteiger partial charge in [0.15, 0.2) is 0 Å². The van der Waals surface area contributed by atoms with Crippen LogP contribution in [0.3, 0.4) is 0 Å². The van der Waals surface area contributed by atoms with E-state index in [9.17, 15) is 18.0 Å². The first kappa shape index (κ1) is 22.8. The van der Waals surface area contributed by atoms with Crippen LogP contribution in [0, 0.1) is 0 Å². The molecule has 1 atom stereocenters. The van der Waals surface area contributed by atoms with Crippen LogP contribution in [-0.2, 0) is 24.1 Å². The maximum absolute atomic E-state index is 13.5. The molecule has 1 heterocycles. The molecule has 31 heavy (non-hydrogen) atoms. The molecule has 3 N–H and O–H groups in total. The molecule has 0 fully saturated rings. The Morgan fingerprint density at radius 1 is 1.10 bits per heavy atom. The minimum atomic E-state index is -4.45. The molecule has 0 saturated carbocycles. The first-order valence-corrected chi connectivity index (χ1v) is 10.1. The van der Waals surface area contributed by atoms with Gasteiger partial charge in [0.1, 0.15) is 23.3 Å². The number of carboxylic acid groups (broad SMARTS) is 1. The van der Waals surface area contributed by atoms with Gasteiger partial charge in [-0.1, -0.05) is 42.5 Å².